The van der Waals surface area contributed by atoms with Gasteiger partial charge in [-0.1, -0.05) is 6.07 Å². The number of benzene rings is 2. The Labute approximate surface area is 123 Å². The lowest BCUT2D eigenvalue weighted by atomic mass is 10.2. The topological polar surface area (TPSA) is 111 Å². The second-order valence-electron chi connectivity index (χ2n) is 4.50. The standard InChI is InChI=1S/C14H10N4O4/c19-14(11-2-1-3-12-13(11)16-17-15-12)22-8-9-4-6-10(7-5-9)18(20)21/h1-7H,8H2,(H,15,16,17). The third kappa shape index (κ3) is 2.62. The molecule has 0 atom stereocenters. The number of aromatic amines is 1. The monoisotopic (exact) mass is 298 g/mol. The first kappa shape index (κ1) is 13.7. The summed E-state index contributed by atoms with van der Waals surface area (Å²) in [5, 5.41) is 20.8. The van der Waals surface area contributed by atoms with E-state index in [0.717, 1.165) is 0 Å². The molecule has 0 aliphatic carbocycles. The minimum Gasteiger partial charge on any atom is -0.457 e. The van der Waals surface area contributed by atoms with Crippen LogP contribution in [0.25, 0.3) is 11.0 Å². The van der Waals surface area contributed by atoms with Gasteiger partial charge in [-0.3, -0.25) is 10.1 Å². The Hall–Kier alpha value is -3.29. The number of esters is 1. The number of nitrogens with zero attached hydrogens (tertiary/aromatic N) is 3. The van der Waals surface area contributed by atoms with Crippen LogP contribution in [0.15, 0.2) is 42.5 Å². The first-order valence-electron chi connectivity index (χ1n) is 6.35. The van der Waals surface area contributed by atoms with Gasteiger partial charge in [-0.2, -0.15) is 15.4 Å². The maximum Gasteiger partial charge on any atom is 0.340 e. The number of ether oxygens (including phenoxy) is 1. The smallest absolute Gasteiger partial charge is 0.340 e. The highest BCUT2D eigenvalue weighted by Crippen LogP contribution is 2.16. The van der Waals surface area contributed by atoms with Crippen molar-refractivity contribution in [1.82, 2.24) is 15.4 Å². The number of hydrogen-bond acceptors (Lipinski definition) is 6. The molecule has 8 heteroatoms. The first-order chi connectivity index (χ1) is 10.6. The van der Waals surface area contributed by atoms with Gasteiger partial charge in [0.05, 0.1) is 10.5 Å². The summed E-state index contributed by atoms with van der Waals surface area (Å²) in [4.78, 5) is 22.2. The predicted molar refractivity (Wildman–Crippen MR) is 76.1 cm³/mol. The number of hydrogen-bond donors (Lipinski definition) is 1. The van der Waals surface area contributed by atoms with Crippen LogP contribution < -0.4 is 0 Å². The largest absolute Gasteiger partial charge is 0.457 e. The molecule has 2 aromatic carbocycles. The van der Waals surface area contributed by atoms with Crippen molar-refractivity contribution in [2.75, 3.05) is 0 Å². The van der Waals surface area contributed by atoms with Gasteiger partial charge < -0.3 is 4.74 Å². The molecule has 0 amide bonds. The van der Waals surface area contributed by atoms with E-state index in [1.54, 1.807) is 30.3 Å². The lowest BCUT2D eigenvalue weighted by molar-refractivity contribution is -0.384. The highest BCUT2D eigenvalue weighted by Gasteiger charge is 2.14. The Kier molecular flexibility index (Phi) is 3.48. The second kappa shape index (κ2) is 5.60. The maximum atomic E-state index is 12.1. The molecule has 0 unspecified atom stereocenters. The number of aromatic nitrogens is 3. The third-order valence-corrected chi connectivity index (χ3v) is 3.08. The number of fused-ring (bicyclic) bond motifs is 1. The van der Waals surface area contributed by atoms with Gasteiger partial charge in [-0.25, -0.2) is 4.79 Å². The molecule has 22 heavy (non-hydrogen) atoms. The number of nitrogens with one attached hydrogen (secondary N) is 1. The van der Waals surface area contributed by atoms with E-state index in [1.165, 1.54) is 12.1 Å². The van der Waals surface area contributed by atoms with Crippen LogP contribution in [0.4, 0.5) is 5.69 Å². The van der Waals surface area contributed by atoms with E-state index in [1.807, 2.05) is 0 Å². The van der Waals surface area contributed by atoms with Gasteiger partial charge >= 0.3 is 5.97 Å². The fourth-order valence-corrected chi connectivity index (χ4v) is 1.97. The molecule has 0 saturated heterocycles. The summed E-state index contributed by atoms with van der Waals surface area (Å²) in [7, 11) is 0. The Morgan fingerprint density at radius 3 is 2.68 bits per heavy atom. The molecule has 0 saturated carbocycles. The molecular formula is C14H10N4O4. The Balaban J connectivity index is 1.72. The zero-order chi connectivity index (χ0) is 15.5. The number of carbonyl (C=O) groups excluding carboxylic acids is 1. The minimum atomic E-state index is -0.530. The van der Waals surface area contributed by atoms with Crippen LogP contribution in [0.1, 0.15) is 15.9 Å². The van der Waals surface area contributed by atoms with Gasteiger partial charge in [-0.05, 0) is 29.8 Å². The zero-order valence-corrected chi connectivity index (χ0v) is 11.2. The lowest BCUT2D eigenvalue weighted by Crippen LogP contribution is -2.06. The molecule has 0 spiro atoms. The number of nitro benzene ring substituents is 1. The van der Waals surface area contributed by atoms with Crippen LogP contribution in [0.2, 0.25) is 0 Å². The van der Waals surface area contributed by atoms with Crippen LogP contribution in [0.5, 0.6) is 0 Å². The van der Waals surface area contributed by atoms with Crippen LogP contribution in [-0.4, -0.2) is 26.3 Å². The summed E-state index contributed by atoms with van der Waals surface area (Å²) in [5.41, 5.74) is 1.97. The SMILES string of the molecule is O=C(OCc1ccc([N+](=O)[O-])cc1)c1cccc2n[nH]nc12. The van der Waals surface area contributed by atoms with Gasteiger partial charge in [0, 0.05) is 12.1 Å². The fourth-order valence-electron chi connectivity index (χ4n) is 1.97. The molecule has 0 radical (unpaired) electrons. The quantitative estimate of drug-likeness (QED) is 0.449. The second-order valence-corrected chi connectivity index (χ2v) is 4.50. The number of para-hydroxylation sites is 1. The third-order valence-electron chi connectivity index (χ3n) is 3.08. The Morgan fingerprint density at radius 1 is 1.18 bits per heavy atom. The molecule has 0 fully saturated rings. The molecule has 1 heterocycles. The van der Waals surface area contributed by atoms with Gasteiger partial charge in [0.25, 0.3) is 5.69 Å². The van der Waals surface area contributed by atoms with Crippen molar-refractivity contribution in [2.24, 2.45) is 0 Å². The van der Waals surface area contributed by atoms with Gasteiger partial charge in [0.15, 0.2) is 0 Å². The average molecular weight is 298 g/mol. The molecule has 0 bridgehead atoms. The van der Waals surface area contributed by atoms with E-state index in [9.17, 15) is 14.9 Å². The predicted octanol–water partition coefficient (Wildman–Crippen LogP) is 2.22. The molecule has 0 aliphatic rings. The Bertz CT molecular complexity index is 841. The Morgan fingerprint density at radius 2 is 1.95 bits per heavy atom. The van der Waals surface area contributed by atoms with E-state index >= 15 is 0 Å². The fraction of sp³-hybridized carbons (Fsp3) is 0.0714. The molecule has 3 aromatic rings. The zero-order valence-electron chi connectivity index (χ0n) is 11.2. The lowest BCUT2D eigenvalue weighted by Gasteiger charge is -2.05. The van der Waals surface area contributed by atoms with Gasteiger partial charge in [0.2, 0.25) is 0 Å². The van der Waals surface area contributed by atoms with E-state index in [-0.39, 0.29) is 12.3 Å². The molecule has 110 valence electrons. The summed E-state index contributed by atoms with van der Waals surface area (Å²) >= 11 is 0. The van der Waals surface area contributed by atoms with Crippen molar-refractivity contribution in [3.8, 4) is 0 Å². The minimum absolute atomic E-state index is 0.0116. The van der Waals surface area contributed by atoms with Gasteiger partial charge in [0.1, 0.15) is 17.6 Å². The summed E-state index contributed by atoms with van der Waals surface area (Å²) in [6, 6.07) is 10.8. The van der Waals surface area contributed by atoms with Crippen LogP contribution in [-0.2, 0) is 11.3 Å². The van der Waals surface area contributed by atoms with E-state index in [4.69, 9.17) is 4.74 Å². The van der Waals surface area contributed by atoms with Crippen molar-refractivity contribution in [1.29, 1.82) is 0 Å². The highest BCUT2D eigenvalue weighted by molar-refractivity contribution is 6.01. The van der Waals surface area contributed by atoms with Crippen molar-refractivity contribution in [2.45, 2.75) is 6.61 Å². The summed E-state index contributed by atoms with van der Waals surface area (Å²) < 4.78 is 5.20. The molecule has 0 aliphatic heterocycles. The molecule has 3 rings (SSSR count). The van der Waals surface area contributed by atoms with Crippen molar-refractivity contribution in [3.63, 3.8) is 0 Å². The summed E-state index contributed by atoms with van der Waals surface area (Å²) in [5.74, 6) is -0.530. The number of nitro groups is 1. The molecular weight excluding hydrogens is 288 g/mol. The van der Waals surface area contributed by atoms with Crippen molar-refractivity contribution < 1.29 is 14.5 Å². The van der Waals surface area contributed by atoms with Crippen LogP contribution in [0.3, 0.4) is 0 Å². The maximum absolute atomic E-state index is 12.1. The molecule has 1 aromatic heterocycles. The van der Waals surface area contributed by atoms with Gasteiger partial charge in [-0.15, -0.1) is 0 Å². The molecule has 8 nitrogen and oxygen atoms in total. The number of non-ortho nitro benzene ring substituents is 1. The molecule has 1 N–H and O–H groups in total. The average Bonchev–Trinajstić information content (AvgIpc) is 3.01. The first-order valence-corrected chi connectivity index (χ1v) is 6.35. The van der Waals surface area contributed by atoms with E-state index < -0.39 is 10.9 Å². The van der Waals surface area contributed by atoms with Crippen LogP contribution in [0, 0.1) is 10.1 Å². The number of H-pyrrole nitrogens is 1. The van der Waals surface area contributed by atoms with E-state index in [0.29, 0.717) is 22.2 Å². The van der Waals surface area contributed by atoms with Crippen molar-refractivity contribution >= 4 is 22.7 Å². The van der Waals surface area contributed by atoms with Crippen molar-refractivity contribution in [3.05, 3.63) is 63.7 Å². The normalized spacial score (nSPS) is 10.5. The summed E-state index contributed by atoms with van der Waals surface area (Å²) in [6.45, 7) is 0.0189. The van der Waals surface area contributed by atoms with E-state index in [2.05, 4.69) is 15.4 Å². The summed E-state index contributed by atoms with van der Waals surface area (Å²) in [6.07, 6.45) is 0. The highest BCUT2D eigenvalue weighted by atomic mass is 16.6. The number of rotatable bonds is 4. The number of carbonyl (C=O) groups is 1. The van der Waals surface area contributed by atoms with Crippen LogP contribution >= 0.6 is 0 Å².